The molecular weight excluding hydrogens is 354 g/mol. The highest BCUT2D eigenvalue weighted by Gasteiger charge is 2.39. The number of nitrogens with zero attached hydrogens (tertiary/aromatic N) is 2. The van der Waals surface area contributed by atoms with Gasteiger partial charge in [-0.25, -0.2) is 4.98 Å². The van der Waals surface area contributed by atoms with E-state index in [1.165, 1.54) is 5.56 Å². The summed E-state index contributed by atoms with van der Waals surface area (Å²) in [5.74, 6) is 1.95. The third kappa shape index (κ3) is 3.05. The quantitative estimate of drug-likeness (QED) is 0.820. The summed E-state index contributed by atoms with van der Waals surface area (Å²) >= 11 is 0. The van der Waals surface area contributed by atoms with Crippen LogP contribution < -0.4 is 10.1 Å². The Hall–Kier alpha value is -3.15. The number of aryl methyl sites for hydroxylation is 1. The van der Waals surface area contributed by atoms with Crippen LogP contribution in [0.5, 0.6) is 5.75 Å². The summed E-state index contributed by atoms with van der Waals surface area (Å²) in [6.45, 7) is 1.34. The molecule has 4 heterocycles. The van der Waals surface area contributed by atoms with E-state index in [2.05, 4.69) is 16.4 Å². The molecule has 1 aromatic heterocycles. The zero-order chi connectivity index (χ0) is 19.1. The minimum Gasteiger partial charge on any atom is -0.488 e. The average molecular weight is 375 g/mol. The molecule has 0 radical (unpaired) electrons. The molecule has 3 aliphatic heterocycles. The van der Waals surface area contributed by atoms with Crippen molar-refractivity contribution in [3.05, 3.63) is 59.3 Å². The Balaban J connectivity index is 1.25. The van der Waals surface area contributed by atoms with E-state index in [1.54, 1.807) is 18.3 Å². The van der Waals surface area contributed by atoms with Crippen LogP contribution in [0.1, 0.15) is 35.4 Å². The summed E-state index contributed by atoms with van der Waals surface area (Å²) in [7, 11) is 0. The van der Waals surface area contributed by atoms with Crippen LogP contribution in [-0.4, -0.2) is 40.9 Å². The summed E-state index contributed by atoms with van der Waals surface area (Å²) < 4.78 is 6.06. The standard InChI is InChI=1S/C22H21N3O3/c26-20-7-6-15-11-14(12-23-22(15)24-20)5-8-21(27)25-10-9-17-16-3-1-2-4-18(16)28-19(17)13-25/h1-5,8,11-12,17,19H,6-7,9-10,13H2,(H,23,24,26)/b8-5+. The number of carbonyl (C=O) groups is 2. The van der Waals surface area contributed by atoms with Crippen LogP contribution >= 0.6 is 0 Å². The van der Waals surface area contributed by atoms with Gasteiger partial charge in [-0.3, -0.25) is 9.59 Å². The molecule has 6 heteroatoms. The van der Waals surface area contributed by atoms with Crippen LogP contribution in [0.4, 0.5) is 5.82 Å². The normalized spacial score (nSPS) is 22.9. The van der Waals surface area contributed by atoms with Crippen LogP contribution in [0, 0.1) is 0 Å². The SMILES string of the molecule is O=C1CCc2cc(/C=C/C(=O)N3CCC4c5ccccc5OC4C3)cnc2N1. The molecule has 3 aliphatic rings. The maximum Gasteiger partial charge on any atom is 0.246 e. The fourth-order valence-electron chi connectivity index (χ4n) is 4.29. The predicted molar refractivity (Wildman–Crippen MR) is 105 cm³/mol. The zero-order valence-electron chi connectivity index (χ0n) is 15.4. The number of hydrogen-bond acceptors (Lipinski definition) is 4. The number of aromatic nitrogens is 1. The Morgan fingerprint density at radius 2 is 2.18 bits per heavy atom. The highest BCUT2D eigenvalue weighted by Crippen LogP contribution is 2.42. The van der Waals surface area contributed by atoms with Gasteiger partial charge in [0.05, 0.1) is 6.54 Å². The van der Waals surface area contributed by atoms with E-state index in [1.807, 2.05) is 29.2 Å². The van der Waals surface area contributed by atoms with E-state index in [4.69, 9.17) is 4.74 Å². The molecule has 1 aromatic carbocycles. The highest BCUT2D eigenvalue weighted by atomic mass is 16.5. The van der Waals surface area contributed by atoms with Crippen molar-refractivity contribution in [2.24, 2.45) is 0 Å². The summed E-state index contributed by atoms with van der Waals surface area (Å²) in [6.07, 6.45) is 7.18. The molecule has 1 fully saturated rings. The van der Waals surface area contributed by atoms with Gasteiger partial charge in [0.1, 0.15) is 17.7 Å². The maximum absolute atomic E-state index is 12.7. The van der Waals surface area contributed by atoms with E-state index in [9.17, 15) is 9.59 Å². The maximum atomic E-state index is 12.7. The first kappa shape index (κ1) is 17.0. The Morgan fingerprint density at radius 1 is 1.29 bits per heavy atom. The average Bonchev–Trinajstić information content (AvgIpc) is 3.09. The van der Waals surface area contributed by atoms with E-state index in [0.717, 1.165) is 29.8 Å². The largest absolute Gasteiger partial charge is 0.488 e. The van der Waals surface area contributed by atoms with Crippen molar-refractivity contribution in [2.75, 3.05) is 18.4 Å². The molecule has 28 heavy (non-hydrogen) atoms. The fraction of sp³-hybridized carbons (Fsp3) is 0.318. The molecule has 0 aliphatic carbocycles. The molecule has 5 rings (SSSR count). The second-order valence-corrected chi connectivity index (χ2v) is 7.53. The number of piperidine rings is 1. The summed E-state index contributed by atoms with van der Waals surface area (Å²) in [6, 6.07) is 10.1. The molecular formula is C22H21N3O3. The highest BCUT2D eigenvalue weighted by molar-refractivity contribution is 5.94. The summed E-state index contributed by atoms with van der Waals surface area (Å²) in [5, 5.41) is 2.77. The number of fused-ring (bicyclic) bond motifs is 4. The van der Waals surface area contributed by atoms with Gasteiger partial charge >= 0.3 is 0 Å². The van der Waals surface area contributed by atoms with Crippen molar-refractivity contribution in [3.63, 3.8) is 0 Å². The van der Waals surface area contributed by atoms with E-state index in [-0.39, 0.29) is 17.9 Å². The minimum atomic E-state index is -0.0102. The first-order valence-electron chi connectivity index (χ1n) is 9.69. The van der Waals surface area contributed by atoms with Crippen molar-refractivity contribution < 1.29 is 14.3 Å². The first-order chi connectivity index (χ1) is 13.7. The first-order valence-corrected chi connectivity index (χ1v) is 9.69. The Morgan fingerprint density at radius 3 is 3.11 bits per heavy atom. The van der Waals surface area contributed by atoms with E-state index < -0.39 is 0 Å². The molecule has 1 saturated heterocycles. The van der Waals surface area contributed by atoms with Crippen LogP contribution in [0.2, 0.25) is 0 Å². The van der Waals surface area contributed by atoms with Gasteiger partial charge in [-0.2, -0.15) is 0 Å². The second-order valence-electron chi connectivity index (χ2n) is 7.53. The lowest BCUT2D eigenvalue weighted by molar-refractivity contribution is -0.128. The van der Waals surface area contributed by atoms with Crippen molar-refractivity contribution in [1.82, 2.24) is 9.88 Å². The van der Waals surface area contributed by atoms with Gasteiger partial charge in [-0.05, 0) is 42.2 Å². The van der Waals surface area contributed by atoms with Crippen molar-refractivity contribution in [3.8, 4) is 5.75 Å². The molecule has 2 aromatic rings. The fourth-order valence-corrected chi connectivity index (χ4v) is 4.29. The topological polar surface area (TPSA) is 71.5 Å². The zero-order valence-corrected chi connectivity index (χ0v) is 15.4. The van der Waals surface area contributed by atoms with E-state index >= 15 is 0 Å². The third-order valence-electron chi connectivity index (χ3n) is 5.75. The van der Waals surface area contributed by atoms with Gasteiger partial charge in [0.25, 0.3) is 0 Å². The lowest BCUT2D eigenvalue weighted by Gasteiger charge is -2.33. The number of hydrogen-bond donors (Lipinski definition) is 1. The lowest BCUT2D eigenvalue weighted by Crippen LogP contribution is -2.45. The molecule has 0 spiro atoms. The Bertz CT molecular complexity index is 985. The molecule has 1 N–H and O–H groups in total. The van der Waals surface area contributed by atoms with E-state index in [0.29, 0.717) is 31.1 Å². The number of pyridine rings is 1. The monoisotopic (exact) mass is 375 g/mol. The number of ether oxygens (including phenoxy) is 1. The molecule has 2 amide bonds. The number of anilines is 1. The smallest absolute Gasteiger partial charge is 0.246 e. The molecule has 2 atom stereocenters. The van der Waals surface area contributed by atoms with Crippen molar-refractivity contribution in [1.29, 1.82) is 0 Å². The van der Waals surface area contributed by atoms with Gasteiger partial charge < -0.3 is 15.0 Å². The number of likely N-dealkylation sites (tertiary alicyclic amines) is 1. The molecule has 2 unspecified atom stereocenters. The van der Waals surface area contributed by atoms with Crippen molar-refractivity contribution >= 4 is 23.7 Å². The van der Waals surface area contributed by atoms with Crippen LogP contribution in [0.15, 0.2) is 42.6 Å². The minimum absolute atomic E-state index is 0.00171. The molecule has 0 saturated carbocycles. The second kappa shape index (κ2) is 6.78. The van der Waals surface area contributed by atoms with Crippen LogP contribution in [-0.2, 0) is 16.0 Å². The number of para-hydroxylation sites is 1. The molecule has 0 bridgehead atoms. The lowest BCUT2D eigenvalue weighted by atomic mass is 9.89. The number of rotatable bonds is 2. The molecule has 6 nitrogen and oxygen atoms in total. The van der Waals surface area contributed by atoms with Gasteiger partial charge in [0.15, 0.2) is 0 Å². The number of nitrogens with one attached hydrogen (secondary N) is 1. The van der Waals surface area contributed by atoms with Gasteiger partial charge in [-0.1, -0.05) is 18.2 Å². The third-order valence-corrected chi connectivity index (χ3v) is 5.75. The van der Waals surface area contributed by atoms with Crippen LogP contribution in [0.25, 0.3) is 6.08 Å². The van der Waals surface area contributed by atoms with Gasteiger partial charge in [0, 0.05) is 36.7 Å². The number of carbonyl (C=O) groups excluding carboxylic acids is 2. The Kier molecular flexibility index (Phi) is 4.11. The van der Waals surface area contributed by atoms with Crippen LogP contribution in [0.3, 0.4) is 0 Å². The van der Waals surface area contributed by atoms with Crippen molar-refractivity contribution in [2.45, 2.75) is 31.3 Å². The number of benzene rings is 1. The number of amides is 2. The summed E-state index contributed by atoms with van der Waals surface area (Å²) in [4.78, 5) is 30.3. The van der Waals surface area contributed by atoms with Gasteiger partial charge in [-0.15, -0.1) is 0 Å². The Labute approximate surface area is 163 Å². The predicted octanol–water partition coefficient (Wildman–Crippen LogP) is 2.76. The summed E-state index contributed by atoms with van der Waals surface area (Å²) in [5.41, 5.74) is 3.14. The van der Waals surface area contributed by atoms with Gasteiger partial charge in [0.2, 0.25) is 11.8 Å². The molecule has 142 valence electrons.